The fourth-order valence-corrected chi connectivity index (χ4v) is 2.18. The molecule has 0 saturated carbocycles. The van der Waals surface area contributed by atoms with E-state index >= 15 is 0 Å². The second-order valence-electron chi connectivity index (χ2n) is 5.87. The Morgan fingerprint density at radius 1 is 1.17 bits per heavy atom. The van der Waals surface area contributed by atoms with Crippen molar-refractivity contribution >= 4 is 17.6 Å². The average Bonchev–Trinajstić information content (AvgIpc) is 3.30. The van der Waals surface area contributed by atoms with Crippen molar-refractivity contribution in [3.05, 3.63) is 65.6 Å². The van der Waals surface area contributed by atoms with Crippen molar-refractivity contribution in [2.24, 2.45) is 0 Å². The van der Waals surface area contributed by atoms with E-state index in [1.165, 1.54) is 12.1 Å². The van der Waals surface area contributed by atoms with Crippen molar-refractivity contribution in [2.75, 3.05) is 5.32 Å². The minimum Gasteiger partial charge on any atom is -0.475 e. The first kappa shape index (κ1) is 22.2. The molecule has 0 fully saturated rings. The second-order valence-corrected chi connectivity index (χ2v) is 5.87. The molecule has 0 aliphatic heterocycles. The number of amides is 1. The molecule has 0 aliphatic rings. The molecule has 156 valence electrons. The summed E-state index contributed by atoms with van der Waals surface area (Å²) >= 11 is 0. The van der Waals surface area contributed by atoms with Crippen LogP contribution in [0.2, 0.25) is 0 Å². The Morgan fingerprint density at radius 3 is 2.20 bits per heavy atom. The van der Waals surface area contributed by atoms with Gasteiger partial charge < -0.3 is 19.4 Å². The van der Waals surface area contributed by atoms with Crippen molar-refractivity contribution in [1.82, 2.24) is 9.55 Å². The van der Waals surface area contributed by atoms with E-state index in [9.17, 15) is 18.0 Å². The number of rotatable bonds is 3. The first-order valence-electron chi connectivity index (χ1n) is 8.25. The number of aryl methyl sites for hydroxylation is 1. The molecule has 0 saturated heterocycles. The quantitative estimate of drug-likeness (QED) is 0.664. The molecule has 0 unspecified atom stereocenters. The van der Waals surface area contributed by atoms with Crippen LogP contribution >= 0.6 is 0 Å². The van der Waals surface area contributed by atoms with Crippen LogP contribution < -0.4 is 5.32 Å². The lowest BCUT2D eigenvalue weighted by atomic mass is 10.2. The fourth-order valence-electron chi connectivity index (χ4n) is 2.18. The van der Waals surface area contributed by atoms with Crippen molar-refractivity contribution in [1.29, 1.82) is 5.26 Å². The fraction of sp³-hybridized carbons (Fsp3) is 0.158. The summed E-state index contributed by atoms with van der Waals surface area (Å²) in [5.41, 5.74) is 3.66. The SMILES string of the molecule is Cc1ncn(-c2ccc(NC(=O)c3ccc(C#N)o3)cc2)c1C.O=C(O)C(F)(F)F. The summed E-state index contributed by atoms with van der Waals surface area (Å²) in [5.74, 6) is -2.94. The molecule has 0 radical (unpaired) electrons. The van der Waals surface area contributed by atoms with E-state index in [0.717, 1.165) is 17.1 Å². The van der Waals surface area contributed by atoms with Gasteiger partial charge in [-0.05, 0) is 50.2 Å². The van der Waals surface area contributed by atoms with E-state index in [2.05, 4.69) is 10.3 Å². The van der Waals surface area contributed by atoms with Crippen molar-refractivity contribution in [3.63, 3.8) is 0 Å². The Morgan fingerprint density at radius 2 is 1.77 bits per heavy atom. The molecule has 0 bridgehead atoms. The number of anilines is 1. The van der Waals surface area contributed by atoms with E-state index in [1.807, 2.05) is 36.6 Å². The second kappa shape index (κ2) is 8.95. The molecule has 3 rings (SSSR count). The summed E-state index contributed by atoms with van der Waals surface area (Å²) in [6.45, 7) is 3.96. The molecule has 2 N–H and O–H groups in total. The lowest BCUT2D eigenvalue weighted by molar-refractivity contribution is -0.192. The van der Waals surface area contributed by atoms with Crippen LogP contribution in [0.4, 0.5) is 18.9 Å². The number of carbonyl (C=O) groups excluding carboxylic acids is 1. The van der Waals surface area contributed by atoms with Gasteiger partial charge in [-0.3, -0.25) is 4.79 Å². The number of carboxylic acid groups (broad SMARTS) is 1. The molecule has 3 aromatic rings. The van der Waals surface area contributed by atoms with Gasteiger partial charge in [-0.1, -0.05) is 0 Å². The van der Waals surface area contributed by atoms with Gasteiger partial charge in [0.1, 0.15) is 6.07 Å². The molecule has 30 heavy (non-hydrogen) atoms. The lowest BCUT2D eigenvalue weighted by Gasteiger charge is -2.07. The van der Waals surface area contributed by atoms with Crippen LogP contribution in [0, 0.1) is 25.2 Å². The van der Waals surface area contributed by atoms with E-state index in [0.29, 0.717) is 5.69 Å². The standard InChI is InChI=1S/C17H14N4O2.C2HF3O2/c1-11-12(2)21(10-19-11)14-5-3-13(4-6-14)20-17(22)16-8-7-15(9-18)23-16;3-2(4,5)1(6)7/h3-8,10H,1-2H3,(H,20,22);(H,6,7). The first-order valence-corrected chi connectivity index (χ1v) is 8.25. The summed E-state index contributed by atoms with van der Waals surface area (Å²) in [7, 11) is 0. The molecule has 1 amide bonds. The number of nitriles is 1. The van der Waals surface area contributed by atoms with Crippen LogP contribution in [0.3, 0.4) is 0 Å². The maximum atomic E-state index is 12.0. The van der Waals surface area contributed by atoms with Crippen LogP contribution in [-0.2, 0) is 4.79 Å². The van der Waals surface area contributed by atoms with E-state index in [1.54, 1.807) is 18.5 Å². The van der Waals surface area contributed by atoms with Gasteiger partial charge in [0.15, 0.2) is 5.76 Å². The topological polar surface area (TPSA) is 121 Å². The van der Waals surface area contributed by atoms with E-state index in [-0.39, 0.29) is 11.5 Å². The Balaban J connectivity index is 0.000000396. The van der Waals surface area contributed by atoms with Gasteiger partial charge in [0, 0.05) is 17.1 Å². The summed E-state index contributed by atoms with van der Waals surface area (Å²) in [4.78, 5) is 25.2. The third-order valence-electron chi connectivity index (χ3n) is 3.84. The van der Waals surface area contributed by atoms with Crippen LogP contribution in [-0.4, -0.2) is 32.7 Å². The van der Waals surface area contributed by atoms with Crippen LogP contribution in [0.1, 0.15) is 27.7 Å². The third-order valence-corrected chi connectivity index (χ3v) is 3.84. The number of carboxylic acids is 1. The molecule has 0 atom stereocenters. The highest BCUT2D eigenvalue weighted by molar-refractivity contribution is 6.02. The minimum atomic E-state index is -5.08. The molecule has 8 nitrogen and oxygen atoms in total. The van der Waals surface area contributed by atoms with Crippen LogP contribution in [0.25, 0.3) is 5.69 Å². The van der Waals surface area contributed by atoms with Gasteiger partial charge in [-0.2, -0.15) is 18.4 Å². The number of carbonyl (C=O) groups is 2. The number of alkyl halides is 3. The number of hydrogen-bond donors (Lipinski definition) is 2. The normalized spacial score (nSPS) is 10.5. The van der Waals surface area contributed by atoms with Gasteiger partial charge in [0.05, 0.1) is 12.0 Å². The molecule has 2 heterocycles. The maximum Gasteiger partial charge on any atom is 0.490 e. The Bertz CT molecular complexity index is 1090. The highest BCUT2D eigenvalue weighted by atomic mass is 19.4. The van der Waals surface area contributed by atoms with E-state index < -0.39 is 18.1 Å². The highest BCUT2D eigenvalue weighted by Gasteiger charge is 2.38. The lowest BCUT2D eigenvalue weighted by Crippen LogP contribution is -2.21. The largest absolute Gasteiger partial charge is 0.490 e. The zero-order valence-corrected chi connectivity index (χ0v) is 15.7. The number of aromatic nitrogens is 2. The van der Waals surface area contributed by atoms with Gasteiger partial charge in [0.2, 0.25) is 5.76 Å². The predicted octanol–water partition coefficient (Wildman–Crippen LogP) is 3.84. The Hall–Kier alpha value is -4.07. The van der Waals surface area contributed by atoms with E-state index in [4.69, 9.17) is 19.6 Å². The van der Waals surface area contributed by atoms with Crippen LogP contribution in [0.5, 0.6) is 0 Å². The number of hydrogen-bond acceptors (Lipinski definition) is 5. The van der Waals surface area contributed by atoms with Crippen LogP contribution in [0.15, 0.2) is 47.1 Å². The summed E-state index contributed by atoms with van der Waals surface area (Å²) < 4.78 is 38.8. The number of aliphatic carboxylic acids is 1. The number of imidazole rings is 1. The van der Waals surface area contributed by atoms with Crippen molar-refractivity contribution in [2.45, 2.75) is 20.0 Å². The summed E-state index contributed by atoms with van der Waals surface area (Å²) in [6.07, 6.45) is -3.31. The molecular weight excluding hydrogens is 405 g/mol. The third kappa shape index (κ3) is 5.48. The van der Waals surface area contributed by atoms with Gasteiger partial charge >= 0.3 is 12.1 Å². The molecule has 1 aromatic carbocycles. The minimum absolute atomic E-state index is 0.103. The number of furan rings is 1. The molecule has 2 aromatic heterocycles. The Labute approximate surface area is 168 Å². The highest BCUT2D eigenvalue weighted by Crippen LogP contribution is 2.18. The zero-order chi connectivity index (χ0) is 22.5. The predicted molar refractivity (Wildman–Crippen MR) is 98.1 cm³/mol. The zero-order valence-electron chi connectivity index (χ0n) is 15.7. The molecule has 0 aliphatic carbocycles. The Kier molecular flexibility index (Phi) is 6.63. The van der Waals surface area contributed by atoms with Crippen molar-refractivity contribution < 1.29 is 32.3 Å². The van der Waals surface area contributed by atoms with Crippen molar-refractivity contribution in [3.8, 4) is 11.8 Å². The molecule has 11 heteroatoms. The number of nitrogens with one attached hydrogen (secondary N) is 1. The maximum absolute atomic E-state index is 12.0. The van der Waals surface area contributed by atoms with Gasteiger partial charge in [-0.15, -0.1) is 0 Å². The first-order chi connectivity index (χ1) is 14.0. The number of halogens is 3. The summed E-state index contributed by atoms with van der Waals surface area (Å²) in [6, 6.07) is 12.2. The smallest absolute Gasteiger partial charge is 0.475 e. The van der Waals surface area contributed by atoms with Gasteiger partial charge in [0.25, 0.3) is 5.91 Å². The average molecular weight is 420 g/mol. The number of benzene rings is 1. The summed E-state index contributed by atoms with van der Waals surface area (Å²) in [5, 5.41) is 18.6. The van der Waals surface area contributed by atoms with Gasteiger partial charge in [-0.25, -0.2) is 9.78 Å². The monoisotopic (exact) mass is 420 g/mol. The molecular formula is C19H15F3N4O4. The molecule has 0 spiro atoms. The number of nitrogens with zero attached hydrogens (tertiary/aromatic N) is 3.